The second-order valence-corrected chi connectivity index (χ2v) is 6.10. The van der Waals surface area contributed by atoms with Gasteiger partial charge < -0.3 is 5.32 Å². The molecule has 5 heteroatoms. The van der Waals surface area contributed by atoms with E-state index in [-0.39, 0.29) is 5.91 Å². The molecule has 1 amide bonds. The first-order valence-corrected chi connectivity index (χ1v) is 7.42. The fourth-order valence-electron chi connectivity index (χ4n) is 2.35. The number of nitriles is 1. The molecule has 0 saturated heterocycles. The molecule has 0 unspecified atom stereocenters. The molecular weight excluding hydrogens is 328 g/mol. The maximum absolute atomic E-state index is 12.2. The molecule has 0 bridgehead atoms. The van der Waals surface area contributed by atoms with Gasteiger partial charge in [-0.3, -0.25) is 4.79 Å². The van der Waals surface area contributed by atoms with Gasteiger partial charge in [0.1, 0.15) is 5.54 Å². The van der Waals surface area contributed by atoms with Crippen LogP contribution in [0.1, 0.15) is 42.5 Å². The minimum absolute atomic E-state index is 0.238. The predicted octanol–water partition coefficient (Wildman–Crippen LogP) is 4.06. The Balaban J connectivity index is 2.15. The Bertz CT molecular complexity index is 533. The Kier molecular flexibility index (Phi) is 4.49. The van der Waals surface area contributed by atoms with Gasteiger partial charge in [-0.2, -0.15) is 5.26 Å². The summed E-state index contributed by atoms with van der Waals surface area (Å²) in [5.41, 5.74) is -0.233. The van der Waals surface area contributed by atoms with Crippen LogP contribution in [0.3, 0.4) is 0 Å². The Morgan fingerprint density at radius 2 is 2.05 bits per heavy atom. The van der Waals surface area contributed by atoms with Crippen molar-refractivity contribution in [1.82, 2.24) is 5.32 Å². The van der Waals surface area contributed by atoms with E-state index in [0.29, 0.717) is 10.6 Å². The standard InChI is InChI=1S/C14H14BrClN2O/c15-11-5-4-10(8-12(11)16)13(19)18-14(9-17)6-2-1-3-7-14/h4-5,8H,1-3,6-7H2,(H,18,19). The zero-order valence-electron chi connectivity index (χ0n) is 10.4. The zero-order valence-corrected chi connectivity index (χ0v) is 12.7. The predicted molar refractivity (Wildman–Crippen MR) is 78.0 cm³/mol. The first kappa shape index (κ1) is 14.4. The first-order chi connectivity index (χ1) is 9.06. The summed E-state index contributed by atoms with van der Waals surface area (Å²) in [6.45, 7) is 0. The molecule has 1 aliphatic carbocycles. The highest BCUT2D eigenvalue weighted by molar-refractivity contribution is 9.10. The van der Waals surface area contributed by atoms with Crippen LogP contribution >= 0.6 is 27.5 Å². The highest BCUT2D eigenvalue weighted by Crippen LogP contribution is 2.28. The second kappa shape index (κ2) is 5.94. The SMILES string of the molecule is N#CC1(NC(=O)c2ccc(Br)c(Cl)c2)CCCCC1. The molecule has 1 aromatic rings. The lowest BCUT2D eigenvalue weighted by Gasteiger charge is -2.31. The number of hydrogen-bond acceptors (Lipinski definition) is 2. The third-order valence-electron chi connectivity index (χ3n) is 3.46. The van der Waals surface area contributed by atoms with E-state index in [0.717, 1.165) is 36.6 Å². The van der Waals surface area contributed by atoms with E-state index in [1.165, 1.54) is 0 Å². The van der Waals surface area contributed by atoms with Gasteiger partial charge in [0.05, 0.1) is 11.1 Å². The van der Waals surface area contributed by atoms with Gasteiger partial charge >= 0.3 is 0 Å². The van der Waals surface area contributed by atoms with Crippen molar-refractivity contribution in [2.24, 2.45) is 0 Å². The number of carbonyl (C=O) groups excluding carboxylic acids is 1. The number of benzene rings is 1. The highest BCUT2D eigenvalue weighted by atomic mass is 79.9. The lowest BCUT2D eigenvalue weighted by molar-refractivity contribution is 0.0902. The molecule has 0 heterocycles. The van der Waals surface area contributed by atoms with Crippen molar-refractivity contribution in [3.8, 4) is 6.07 Å². The lowest BCUT2D eigenvalue weighted by atomic mass is 9.82. The summed E-state index contributed by atoms with van der Waals surface area (Å²) < 4.78 is 0.748. The number of hydrogen-bond donors (Lipinski definition) is 1. The average Bonchev–Trinajstić information content (AvgIpc) is 2.43. The topological polar surface area (TPSA) is 52.9 Å². The molecule has 1 aliphatic rings. The summed E-state index contributed by atoms with van der Waals surface area (Å²) in [4.78, 5) is 12.2. The Hall–Kier alpha value is -1.05. The van der Waals surface area contributed by atoms with Crippen molar-refractivity contribution >= 4 is 33.4 Å². The van der Waals surface area contributed by atoms with E-state index in [1.807, 2.05) is 0 Å². The third-order valence-corrected chi connectivity index (χ3v) is 4.69. The number of halogens is 2. The van der Waals surface area contributed by atoms with Crippen molar-refractivity contribution < 1.29 is 4.79 Å². The van der Waals surface area contributed by atoms with Crippen LogP contribution in [-0.2, 0) is 0 Å². The molecule has 0 aliphatic heterocycles. The average molecular weight is 342 g/mol. The molecule has 1 N–H and O–H groups in total. The van der Waals surface area contributed by atoms with Crippen molar-refractivity contribution in [1.29, 1.82) is 5.26 Å². The van der Waals surface area contributed by atoms with E-state index in [4.69, 9.17) is 11.6 Å². The molecule has 1 aromatic carbocycles. The molecule has 2 rings (SSSR count). The van der Waals surface area contributed by atoms with Gasteiger partial charge in [-0.05, 0) is 47.0 Å². The molecule has 100 valence electrons. The van der Waals surface area contributed by atoms with Gasteiger partial charge in [0.2, 0.25) is 0 Å². The van der Waals surface area contributed by atoms with Crippen molar-refractivity contribution in [3.63, 3.8) is 0 Å². The molecule has 1 saturated carbocycles. The van der Waals surface area contributed by atoms with Gasteiger partial charge in [0.25, 0.3) is 5.91 Å². The third kappa shape index (κ3) is 3.29. The highest BCUT2D eigenvalue weighted by Gasteiger charge is 2.33. The molecular formula is C14H14BrClN2O. The Morgan fingerprint density at radius 3 is 2.63 bits per heavy atom. The van der Waals surface area contributed by atoms with Crippen LogP contribution in [0.15, 0.2) is 22.7 Å². The van der Waals surface area contributed by atoms with Gasteiger partial charge in [-0.1, -0.05) is 30.9 Å². The van der Waals surface area contributed by atoms with Crippen molar-refractivity contribution in [3.05, 3.63) is 33.3 Å². The van der Waals surface area contributed by atoms with Gasteiger partial charge in [-0.15, -0.1) is 0 Å². The quantitative estimate of drug-likeness (QED) is 0.882. The van der Waals surface area contributed by atoms with E-state index in [1.54, 1.807) is 18.2 Å². The smallest absolute Gasteiger partial charge is 0.252 e. The van der Waals surface area contributed by atoms with E-state index < -0.39 is 5.54 Å². The Morgan fingerprint density at radius 1 is 1.37 bits per heavy atom. The fourth-order valence-corrected chi connectivity index (χ4v) is 2.77. The summed E-state index contributed by atoms with van der Waals surface area (Å²) in [5, 5.41) is 12.7. The summed E-state index contributed by atoms with van der Waals surface area (Å²) in [6, 6.07) is 7.30. The van der Waals surface area contributed by atoms with E-state index >= 15 is 0 Å². The largest absolute Gasteiger partial charge is 0.334 e. The molecule has 0 radical (unpaired) electrons. The summed E-state index contributed by atoms with van der Waals surface area (Å²) in [7, 11) is 0. The minimum atomic E-state index is -0.713. The van der Waals surface area contributed by atoms with Gasteiger partial charge in [0, 0.05) is 10.0 Å². The van der Waals surface area contributed by atoms with Gasteiger partial charge in [0.15, 0.2) is 0 Å². The summed E-state index contributed by atoms with van der Waals surface area (Å²) in [6.07, 6.45) is 4.53. The molecule has 0 spiro atoms. The molecule has 19 heavy (non-hydrogen) atoms. The Labute approximate surface area is 126 Å². The second-order valence-electron chi connectivity index (χ2n) is 4.84. The van der Waals surface area contributed by atoms with Crippen LogP contribution in [0, 0.1) is 11.3 Å². The van der Waals surface area contributed by atoms with E-state index in [2.05, 4.69) is 27.3 Å². The van der Waals surface area contributed by atoms with Crippen LogP contribution in [-0.4, -0.2) is 11.4 Å². The zero-order chi connectivity index (χ0) is 13.9. The van der Waals surface area contributed by atoms with Crippen LogP contribution < -0.4 is 5.32 Å². The number of rotatable bonds is 2. The van der Waals surface area contributed by atoms with Crippen LogP contribution in [0.25, 0.3) is 0 Å². The maximum Gasteiger partial charge on any atom is 0.252 e. The molecule has 0 atom stereocenters. The minimum Gasteiger partial charge on any atom is -0.334 e. The number of nitrogens with one attached hydrogen (secondary N) is 1. The maximum atomic E-state index is 12.2. The molecule has 3 nitrogen and oxygen atoms in total. The number of amides is 1. The van der Waals surface area contributed by atoms with E-state index in [9.17, 15) is 10.1 Å². The molecule has 1 fully saturated rings. The number of nitrogens with zero attached hydrogens (tertiary/aromatic N) is 1. The summed E-state index contributed by atoms with van der Waals surface area (Å²) >= 11 is 9.26. The van der Waals surface area contributed by atoms with Crippen molar-refractivity contribution in [2.45, 2.75) is 37.6 Å². The van der Waals surface area contributed by atoms with Crippen LogP contribution in [0.5, 0.6) is 0 Å². The van der Waals surface area contributed by atoms with Crippen LogP contribution in [0.2, 0.25) is 5.02 Å². The normalized spacial score (nSPS) is 17.5. The monoisotopic (exact) mass is 340 g/mol. The number of carbonyl (C=O) groups is 1. The van der Waals surface area contributed by atoms with Crippen molar-refractivity contribution in [2.75, 3.05) is 0 Å². The van der Waals surface area contributed by atoms with Gasteiger partial charge in [-0.25, -0.2) is 0 Å². The summed E-state index contributed by atoms with van der Waals surface area (Å²) in [5.74, 6) is -0.238. The lowest BCUT2D eigenvalue weighted by Crippen LogP contribution is -2.48. The molecule has 0 aromatic heterocycles. The fraction of sp³-hybridized carbons (Fsp3) is 0.429. The first-order valence-electron chi connectivity index (χ1n) is 6.25. The van der Waals surface area contributed by atoms with Crippen LogP contribution in [0.4, 0.5) is 0 Å².